The molecule has 0 aliphatic rings. The van der Waals surface area contributed by atoms with Gasteiger partial charge in [-0.2, -0.15) is 0 Å². The van der Waals surface area contributed by atoms with Gasteiger partial charge in [0.25, 0.3) is 0 Å². The van der Waals surface area contributed by atoms with E-state index in [9.17, 15) is 0 Å². The average molecular weight is 303 g/mol. The molecule has 0 aliphatic carbocycles. The Balaban J connectivity index is 2.30. The average Bonchev–Trinajstić information content (AvgIpc) is 2.47. The second-order valence-corrected chi connectivity index (χ2v) is 6.64. The first-order valence-corrected chi connectivity index (χ1v) is 7.83. The molecule has 0 radical (unpaired) electrons. The van der Waals surface area contributed by atoms with Crippen LogP contribution in [0.15, 0.2) is 48.5 Å². The third-order valence-corrected chi connectivity index (χ3v) is 4.05. The number of hydrogen-bond donors (Lipinski definition) is 0. The molecule has 0 fully saturated rings. The molecule has 21 heavy (non-hydrogen) atoms. The van der Waals surface area contributed by atoms with E-state index in [1.54, 1.807) is 0 Å². The summed E-state index contributed by atoms with van der Waals surface area (Å²) >= 11 is 6.66. The summed E-state index contributed by atoms with van der Waals surface area (Å²) in [6, 6.07) is 16.5. The Kier molecular flexibility index (Phi) is 4.95. The van der Waals surface area contributed by atoms with Crippen molar-refractivity contribution in [3.05, 3.63) is 65.2 Å². The predicted octanol–water partition coefficient (Wildman–Crippen LogP) is 5.71. The summed E-state index contributed by atoms with van der Waals surface area (Å²) in [6.45, 7) is 9.27. The summed E-state index contributed by atoms with van der Waals surface area (Å²) in [5.74, 6) is 0.861. The number of hydrogen-bond acceptors (Lipinski definition) is 1. The highest BCUT2D eigenvalue weighted by atomic mass is 35.5. The van der Waals surface area contributed by atoms with Gasteiger partial charge in [0.1, 0.15) is 5.75 Å². The first-order valence-electron chi connectivity index (χ1n) is 7.39. The SMILES string of the molecule is CCOc1ccccc1C(Cl)c1ccc(C(C)(C)C)cc1. The summed E-state index contributed by atoms with van der Waals surface area (Å²) in [4.78, 5) is 0. The van der Waals surface area contributed by atoms with Crippen LogP contribution in [0, 0.1) is 0 Å². The molecule has 1 nitrogen and oxygen atoms in total. The van der Waals surface area contributed by atoms with Gasteiger partial charge in [-0.3, -0.25) is 0 Å². The van der Waals surface area contributed by atoms with E-state index in [1.165, 1.54) is 5.56 Å². The second kappa shape index (κ2) is 6.53. The number of benzene rings is 2. The molecule has 2 aromatic rings. The van der Waals surface area contributed by atoms with Crippen molar-refractivity contribution in [1.82, 2.24) is 0 Å². The fourth-order valence-corrected chi connectivity index (χ4v) is 2.63. The molecular weight excluding hydrogens is 280 g/mol. The zero-order valence-corrected chi connectivity index (χ0v) is 13.9. The van der Waals surface area contributed by atoms with Gasteiger partial charge in [0.2, 0.25) is 0 Å². The maximum atomic E-state index is 6.66. The molecule has 1 unspecified atom stereocenters. The Morgan fingerprint density at radius 2 is 1.62 bits per heavy atom. The van der Waals surface area contributed by atoms with E-state index in [4.69, 9.17) is 16.3 Å². The molecule has 0 spiro atoms. The monoisotopic (exact) mass is 302 g/mol. The lowest BCUT2D eigenvalue weighted by atomic mass is 9.86. The summed E-state index contributed by atoms with van der Waals surface area (Å²) in [7, 11) is 0. The zero-order chi connectivity index (χ0) is 15.5. The lowest BCUT2D eigenvalue weighted by Crippen LogP contribution is -2.10. The van der Waals surface area contributed by atoms with Gasteiger partial charge in [-0.15, -0.1) is 11.6 Å². The molecule has 0 aromatic heterocycles. The molecule has 1 atom stereocenters. The molecule has 0 heterocycles. The van der Waals surface area contributed by atoms with Crippen LogP contribution in [0.4, 0.5) is 0 Å². The Labute approximate surface area is 132 Å². The molecule has 2 aromatic carbocycles. The first kappa shape index (κ1) is 15.9. The van der Waals surface area contributed by atoms with Crippen molar-refractivity contribution < 1.29 is 4.74 Å². The minimum absolute atomic E-state index is 0.156. The second-order valence-electron chi connectivity index (χ2n) is 6.21. The molecule has 0 amide bonds. The van der Waals surface area contributed by atoms with Crippen LogP contribution in [0.2, 0.25) is 0 Å². The van der Waals surface area contributed by atoms with E-state index in [0.29, 0.717) is 6.61 Å². The number of para-hydroxylation sites is 1. The highest BCUT2D eigenvalue weighted by Crippen LogP contribution is 2.35. The van der Waals surface area contributed by atoms with Gasteiger partial charge in [-0.05, 0) is 29.5 Å². The lowest BCUT2D eigenvalue weighted by molar-refractivity contribution is 0.337. The zero-order valence-electron chi connectivity index (χ0n) is 13.2. The topological polar surface area (TPSA) is 9.23 Å². The van der Waals surface area contributed by atoms with Crippen LogP contribution in [0.3, 0.4) is 0 Å². The van der Waals surface area contributed by atoms with Crippen molar-refractivity contribution in [2.24, 2.45) is 0 Å². The minimum Gasteiger partial charge on any atom is -0.494 e. The van der Waals surface area contributed by atoms with Crippen molar-refractivity contribution >= 4 is 11.6 Å². The molecule has 0 saturated carbocycles. The number of halogens is 1. The van der Waals surface area contributed by atoms with Crippen LogP contribution in [-0.2, 0) is 5.41 Å². The van der Waals surface area contributed by atoms with Crippen LogP contribution < -0.4 is 4.74 Å². The third kappa shape index (κ3) is 3.79. The van der Waals surface area contributed by atoms with Gasteiger partial charge < -0.3 is 4.74 Å². The summed E-state index contributed by atoms with van der Waals surface area (Å²) in [6.07, 6.45) is 0. The Morgan fingerprint density at radius 1 is 1.00 bits per heavy atom. The van der Waals surface area contributed by atoms with E-state index in [-0.39, 0.29) is 10.8 Å². The normalized spacial score (nSPS) is 13.0. The fourth-order valence-electron chi connectivity index (χ4n) is 2.31. The predicted molar refractivity (Wildman–Crippen MR) is 90.4 cm³/mol. The van der Waals surface area contributed by atoms with Gasteiger partial charge in [-0.25, -0.2) is 0 Å². The number of alkyl halides is 1. The van der Waals surface area contributed by atoms with E-state index in [1.807, 2.05) is 31.2 Å². The number of rotatable bonds is 4. The van der Waals surface area contributed by atoms with Crippen LogP contribution in [0.5, 0.6) is 5.75 Å². The summed E-state index contributed by atoms with van der Waals surface area (Å²) in [5, 5.41) is -0.193. The highest BCUT2D eigenvalue weighted by Gasteiger charge is 2.17. The van der Waals surface area contributed by atoms with E-state index < -0.39 is 0 Å². The Morgan fingerprint density at radius 3 is 2.19 bits per heavy atom. The third-order valence-electron chi connectivity index (χ3n) is 3.56. The van der Waals surface area contributed by atoms with Crippen LogP contribution in [0.25, 0.3) is 0 Å². The van der Waals surface area contributed by atoms with Gasteiger partial charge >= 0.3 is 0 Å². The smallest absolute Gasteiger partial charge is 0.124 e. The molecule has 2 rings (SSSR count). The highest BCUT2D eigenvalue weighted by molar-refractivity contribution is 6.22. The largest absolute Gasteiger partial charge is 0.494 e. The molecule has 0 saturated heterocycles. The summed E-state index contributed by atoms with van der Waals surface area (Å²) < 4.78 is 5.67. The fraction of sp³-hybridized carbons (Fsp3) is 0.368. The van der Waals surface area contributed by atoms with Crippen molar-refractivity contribution in [2.75, 3.05) is 6.61 Å². The Hall–Kier alpha value is -1.47. The quantitative estimate of drug-likeness (QED) is 0.657. The van der Waals surface area contributed by atoms with Crippen molar-refractivity contribution in [3.8, 4) is 5.75 Å². The van der Waals surface area contributed by atoms with E-state index >= 15 is 0 Å². The summed E-state index contributed by atoms with van der Waals surface area (Å²) in [5.41, 5.74) is 3.58. The van der Waals surface area contributed by atoms with E-state index in [0.717, 1.165) is 16.9 Å². The molecule has 0 aliphatic heterocycles. The van der Waals surface area contributed by atoms with Crippen LogP contribution in [0.1, 0.15) is 49.8 Å². The van der Waals surface area contributed by atoms with Crippen molar-refractivity contribution in [1.29, 1.82) is 0 Å². The van der Waals surface area contributed by atoms with Gasteiger partial charge in [0.05, 0.1) is 12.0 Å². The minimum atomic E-state index is -0.193. The maximum absolute atomic E-state index is 6.66. The van der Waals surface area contributed by atoms with Gasteiger partial charge in [0.15, 0.2) is 0 Å². The molecule has 2 heteroatoms. The Bertz CT molecular complexity index is 581. The van der Waals surface area contributed by atoms with Crippen molar-refractivity contribution in [3.63, 3.8) is 0 Å². The maximum Gasteiger partial charge on any atom is 0.124 e. The first-order chi connectivity index (χ1) is 9.93. The van der Waals surface area contributed by atoms with Crippen LogP contribution >= 0.6 is 11.6 Å². The lowest BCUT2D eigenvalue weighted by Gasteiger charge is -2.20. The van der Waals surface area contributed by atoms with Gasteiger partial charge in [0, 0.05) is 5.56 Å². The molecule has 0 bridgehead atoms. The number of ether oxygens (including phenoxy) is 1. The molecule has 0 N–H and O–H groups in total. The van der Waals surface area contributed by atoms with Crippen molar-refractivity contribution in [2.45, 2.75) is 38.5 Å². The van der Waals surface area contributed by atoms with Gasteiger partial charge in [-0.1, -0.05) is 63.2 Å². The van der Waals surface area contributed by atoms with E-state index in [2.05, 4.69) is 45.0 Å². The van der Waals surface area contributed by atoms with Crippen LogP contribution in [-0.4, -0.2) is 6.61 Å². The molecule has 112 valence electrons. The molecular formula is C19H23ClO. The standard InChI is InChI=1S/C19H23ClO/c1-5-21-17-9-7-6-8-16(17)18(20)14-10-12-15(13-11-14)19(2,3)4/h6-13,18H,5H2,1-4H3.